The summed E-state index contributed by atoms with van der Waals surface area (Å²) in [6.45, 7) is 3.33. The number of urea groups is 1. The summed E-state index contributed by atoms with van der Waals surface area (Å²) in [4.78, 5) is 22.0. The molecule has 2 N–H and O–H groups in total. The van der Waals surface area contributed by atoms with Gasteiger partial charge in [0.2, 0.25) is 0 Å². The second-order valence-corrected chi connectivity index (χ2v) is 6.32. The van der Waals surface area contributed by atoms with E-state index in [1.807, 2.05) is 60.6 Å². The Labute approximate surface area is 146 Å². The van der Waals surface area contributed by atoms with Gasteiger partial charge in [-0.05, 0) is 43.2 Å². The Bertz CT molecular complexity index is 940. The quantitative estimate of drug-likeness (QED) is 0.739. The number of fused-ring (bicyclic) bond motifs is 1. The van der Waals surface area contributed by atoms with Crippen molar-refractivity contribution in [3.63, 3.8) is 0 Å². The van der Waals surface area contributed by atoms with Gasteiger partial charge in [0, 0.05) is 36.7 Å². The van der Waals surface area contributed by atoms with Crippen LogP contribution < -0.4 is 5.32 Å². The highest BCUT2D eigenvalue weighted by Crippen LogP contribution is 2.28. The minimum Gasteiger partial charge on any atom is -0.359 e. The average Bonchev–Trinajstić information content (AvgIpc) is 3.08. The maximum absolute atomic E-state index is 12.4. The molecule has 5 nitrogen and oxygen atoms in total. The van der Waals surface area contributed by atoms with Crippen LogP contribution in [0.25, 0.3) is 16.6 Å². The number of pyridine rings is 1. The molecule has 126 valence electrons. The normalized spacial score (nSPS) is 14.4. The number of hydrogen-bond donors (Lipinski definition) is 2. The summed E-state index contributed by atoms with van der Waals surface area (Å²) in [6, 6.07) is 11.7. The van der Waals surface area contributed by atoms with Crippen LogP contribution >= 0.6 is 0 Å². The summed E-state index contributed by atoms with van der Waals surface area (Å²) in [6.07, 6.45) is 6.76. The predicted octanol–water partition coefficient (Wildman–Crippen LogP) is 4.19. The van der Waals surface area contributed by atoms with Crippen molar-refractivity contribution in [1.82, 2.24) is 14.9 Å². The van der Waals surface area contributed by atoms with E-state index in [4.69, 9.17) is 0 Å². The summed E-state index contributed by atoms with van der Waals surface area (Å²) in [5.74, 6) is 0. The standard InChI is InChI=1S/C20H20N4O/c1-14-4-6-16(7-5-14)23-20(25)24-11-8-15(9-12-24)17-13-22-18-3-2-10-21-19(17)18/h2-8,10,13,22H,9,11-12H2,1H3,(H,23,25). The molecule has 0 spiro atoms. The molecule has 2 aromatic heterocycles. The number of benzene rings is 1. The summed E-state index contributed by atoms with van der Waals surface area (Å²) < 4.78 is 0. The van der Waals surface area contributed by atoms with E-state index in [-0.39, 0.29) is 6.03 Å². The number of carbonyl (C=O) groups excluding carboxylic acids is 1. The molecular weight excluding hydrogens is 312 g/mol. The fourth-order valence-corrected chi connectivity index (χ4v) is 3.14. The van der Waals surface area contributed by atoms with Crippen LogP contribution in [-0.4, -0.2) is 34.0 Å². The third-order valence-corrected chi connectivity index (χ3v) is 4.58. The number of amides is 2. The van der Waals surface area contributed by atoms with Gasteiger partial charge in [0.15, 0.2) is 0 Å². The molecule has 0 fully saturated rings. The van der Waals surface area contributed by atoms with Crippen LogP contribution in [0.4, 0.5) is 10.5 Å². The lowest BCUT2D eigenvalue weighted by Crippen LogP contribution is -2.37. The van der Waals surface area contributed by atoms with Gasteiger partial charge in [0.1, 0.15) is 0 Å². The van der Waals surface area contributed by atoms with Crippen molar-refractivity contribution in [2.75, 3.05) is 18.4 Å². The molecule has 2 amide bonds. The molecule has 0 atom stereocenters. The van der Waals surface area contributed by atoms with E-state index in [0.717, 1.165) is 28.7 Å². The molecule has 5 heteroatoms. The van der Waals surface area contributed by atoms with E-state index in [1.165, 1.54) is 11.1 Å². The van der Waals surface area contributed by atoms with E-state index in [1.54, 1.807) is 0 Å². The lowest BCUT2D eigenvalue weighted by molar-refractivity contribution is 0.217. The molecule has 0 saturated heterocycles. The third-order valence-electron chi connectivity index (χ3n) is 4.58. The van der Waals surface area contributed by atoms with Gasteiger partial charge in [-0.3, -0.25) is 4.98 Å². The number of carbonyl (C=O) groups is 1. The average molecular weight is 332 g/mol. The van der Waals surface area contributed by atoms with Crippen LogP contribution in [0.1, 0.15) is 17.5 Å². The molecule has 3 aromatic rings. The number of rotatable bonds is 2. The smallest absolute Gasteiger partial charge is 0.322 e. The van der Waals surface area contributed by atoms with E-state index >= 15 is 0 Å². The monoisotopic (exact) mass is 332 g/mol. The Morgan fingerprint density at radius 3 is 2.84 bits per heavy atom. The molecule has 0 radical (unpaired) electrons. The van der Waals surface area contributed by atoms with Crippen molar-refractivity contribution in [3.8, 4) is 0 Å². The predicted molar refractivity (Wildman–Crippen MR) is 100 cm³/mol. The summed E-state index contributed by atoms with van der Waals surface area (Å²) >= 11 is 0. The number of aromatic nitrogens is 2. The topological polar surface area (TPSA) is 61.0 Å². The SMILES string of the molecule is Cc1ccc(NC(=O)N2CC=C(c3c[nH]c4cccnc34)CC2)cc1. The summed E-state index contributed by atoms with van der Waals surface area (Å²) in [7, 11) is 0. The van der Waals surface area contributed by atoms with Crippen LogP contribution in [0.3, 0.4) is 0 Å². The zero-order valence-corrected chi connectivity index (χ0v) is 14.1. The fourth-order valence-electron chi connectivity index (χ4n) is 3.14. The van der Waals surface area contributed by atoms with Crippen molar-refractivity contribution in [3.05, 3.63) is 66.0 Å². The second kappa shape index (κ2) is 6.43. The molecule has 0 unspecified atom stereocenters. The summed E-state index contributed by atoms with van der Waals surface area (Å²) in [5, 5.41) is 2.96. The van der Waals surface area contributed by atoms with Crippen molar-refractivity contribution >= 4 is 28.3 Å². The van der Waals surface area contributed by atoms with E-state index in [2.05, 4.69) is 21.4 Å². The number of H-pyrrole nitrogens is 1. The van der Waals surface area contributed by atoms with Crippen LogP contribution in [0.15, 0.2) is 54.9 Å². The Hall–Kier alpha value is -3.08. The first-order valence-corrected chi connectivity index (χ1v) is 8.45. The molecule has 1 aliphatic rings. The van der Waals surface area contributed by atoms with E-state index in [0.29, 0.717) is 13.1 Å². The maximum Gasteiger partial charge on any atom is 0.322 e. The third kappa shape index (κ3) is 3.13. The number of aromatic amines is 1. The van der Waals surface area contributed by atoms with Gasteiger partial charge in [-0.15, -0.1) is 0 Å². The Morgan fingerprint density at radius 1 is 1.24 bits per heavy atom. The van der Waals surface area contributed by atoms with Crippen molar-refractivity contribution in [2.24, 2.45) is 0 Å². The summed E-state index contributed by atoms with van der Waals surface area (Å²) in [5.41, 5.74) is 6.41. The van der Waals surface area contributed by atoms with Crippen LogP contribution in [-0.2, 0) is 0 Å². The molecular formula is C20H20N4O. The van der Waals surface area contributed by atoms with E-state index < -0.39 is 0 Å². The molecule has 0 aliphatic carbocycles. The van der Waals surface area contributed by atoms with Gasteiger partial charge in [0.25, 0.3) is 0 Å². The number of nitrogens with zero attached hydrogens (tertiary/aromatic N) is 2. The van der Waals surface area contributed by atoms with Crippen molar-refractivity contribution in [2.45, 2.75) is 13.3 Å². The highest BCUT2D eigenvalue weighted by Gasteiger charge is 2.19. The van der Waals surface area contributed by atoms with Gasteiger partial charge in [-0.25, -0.2) is 4.79 Å². The van der Waals surface area contributed by atoms with E-state index in [9.17, 15) is 4.79 Å². The number of aryl methyl sites for hydroxylation is 1. The maximum atomic E-state index is 12.4. The molecule has 1 aromatic carbocycles. The van der Waals surface area contributed by atoms with Gasteiger partial charge >= 0.3 is 6.03 Å². The first-order chi connectivity index (χ1) is 12.2. The number of nitrogens with one attached hydrogen (secondary N) is 2. The zero-order chi connectivity index (χ0) is 17.2. The van der Waals surface area contributed by atoms with Crippen molar-refractivity contribution in [1.29, 1.82) is 0 Å². The number of anilines is 1. The minimum atomic E-state index is -0.0591. The van der Waals surface area contributed by atoms with Crippen LogP contribution in [0.5, 0.6) is 0 Å². The Balaban J connectivity index is 1.46. The second-order valence-electron chi connectivity index (χ2n) is 6.32. The lowest BCUT2D eigenvalue weighted by atomic mass is 10.0. The first-order valence-electron chi connectivity index (χ1n) is 8.45. The molecule has 0 bridgehead atoms. The first kappa shape index (κ1) is 15.4. The highest BCUT2D eigenvalue weighted by molar-refractivity contribution is 5.92. The fraction of sp³-hybridized carbons (Fsp3) is 0.200. The molecule has 1 aliphatic heterocycles. The van der Waals surface area contributed by atoms with Gasteiger partial charge in [0.05, 0.1) is 11.0 Å². The van der Waals surface area contributed by atoms with Crippen LogP contribution in [0.2, 0.25) is 0 Å². The number of hydrogen-bond acceptors (Lipinski definition) is 2. The largest absolute Gasteiger partial charge is 0.359 e. The Morgan fingerprint density at radius 2 is 2.08 bits per heavy atom. The minimum absolute atomic E-state index is 0.0591. The van der Waals surface area contributed by atoms with Crippen LogP contribution in [0, 0.1) is 6.92 Å². The van der Waals surface area contributed by atoms with Gasteiger partial charge in [-0.2, -0.15) is 0 Å². The highest BCUT2D eigenvalue weighted by atomic mass is 16.2. The molecule has 3 heterocycles. The van der Waals surface area contributed by atoms with Gasteiger partial charge in [-0.1, -0.05) is 23.8 Å². The lowest BCUT2D eigenvalue weighted by Gasteiger charge is -2.26. The Kier molecular flexibility index (Phi) is 3.98. The molecule has 25 heavy (non-hydrogen) atoms. The van der Waals surface area contributed by atoms with Gasteiger partial charge < -0.3 is 15.2 Å². The van der Waals surface area contributed by atoms with Crippen molar-refractivity contribution < 1.29 is 4.79 Å². The zero-order valence-electron chi connectivity index (χ0n) is 14.1. The molecule has 4 rings (SSSR count). The molecule has 0 saturated carbocycles.